The number of hydrogen-bond acceptors (Lipinski definition) is 3. The van der Waals surface area contributed by atoms with Crippen LogP contribution in [0.2, 0.25) is 0 Å². The molecule has 1 atom stereocenters. The minimum Gasteiger partial charge on any atom is -0.488 e. The van der Waals surface area contributed by atoms with Crippen LogP contribution in [0.1, 0.15) is 44.7 Å². The first-order valence-corrected chi connectivity index (χ1v) is 11.1. The molecule has 1 unspecified atom stereocenters. The Balaban J connectivity index is 2.30. The number of rotatable bonds is 9. The normalized spacial score (nSPS) is 13.4. The van der Waals surface area contributed by atoms with Gasteiger partial charge in [-0.2, -0.15) is 0 Å². The molecular formula is C22H27ClFNO2S. The lowest BCUT2D eigenvalue weighted by molar-refractivity contribution is 0.305. The third kappa shape index (κ3) is 7.02. The summed E-state index contributed by atoms with van der Waals surface area (Å²) in [5.41, 5.74) is 2.28. The van der Waals surface area contributed by atoms with Gasteiger partial charge in [0.15, 0.2) is 0 Å². The van der Waals surface area contributed by atoms with Crippen LogP contribution in [0.5, 0.6) is 5.75 Å². The van der Waals surface area contributed by atoms with Gasteiger partial charge in [0.25, 0.3) is 0 Å². The van der Waals surface area contributed by atoms with Gasteiger partial charge in [-0.05, 0) is 57.4 Å². The van der Waals surface area contributed by atoms with Crippen molar-refractivity contribution < 1.29 is 13.3 Å². The minimum atomic E-state index is -1.14. The molecule has 0 N–H and O–H groups in total. The van der Waals surface area contributed by atoms with Crippen LogP contribution >= 0.6 is 11.6 Å². The lowest BCUT2D eigenvalue weighted by Crippen LogP contribution is -2.24. The van der Waals surface area contributed by atoms with E-state index in [0.717, 1.165) is 5.56 Å². The Morgan fingerprint density at radius 1 is 1.18 bits per heavy atom. The third-order valence-corrected chi connectivity index (χ3v) is 6.09. The molecule has 0 heterocycles. The molecule has 0 aliphatic rings. The summed E-state index contributed by atoms with van der Waals surface area (Å²) in [6.45, 7) is 6.10. The van der Waals surface area contributed by atoms with E-state index in [1.807, 2.05) is 51.1 Å². The van der Waals surface area contributed by atoms with Crippen molar-refractivity contribution in [2.24, 2.45) is 4.99 Å². The highest BCUT2D eigenvalue weighted by Crippen LogP contribution is 2.24. The van der Waals surface area contributed by atoms with E-state index >= 15 is 0 Å². The molecule has 0 saturated carbocycles. The molecule has 2 aromatic rings. The fraction of sp³-hybridized carbons (Fsp3) is 0.409. The minimum absolute atomic E-state index is 0.162. The molecule has 0 aliphatic heterocycles. The molecule has 28 heavy (non-hydrogen) atoms. The van der Waals surface area contributed by atoms with Gasteiger partial charge in [0, 0.05) is 32.7 Å². The van der Waals surface area contributed by atoms with Crippen molar-refractivity contribution in [1.29, 1.82) is 0 Å². The van der Waals surface area contributed by atoms with Gasteiger partial charge >= 0.3 is 0 Å². The van der Waals surface area contributed by atoms with Gasteiger partial charge in [-0.15, -0.1) is 11.6 Å². The molecule has 0 bridgehead atoms. The lowest BCUT2D eigenvalue weighted by atomic mass is 10.0. The van der Waals surface area contributed by atoms with E-state index in [0.29, 0.717) is 42.4 Å². The zero-order chi connectivity index (χ0) is 20.6. The molecule has 0 aromatic heterocycles. The molecule has 0 fully saturated rings. The number of nitrogens with zero attached hydrogens (tertiary/aromatic N) is 1. The summed E-state index contributed by atoms with van der Waals surface area (Å²) in [5.74, 6) is 0.824. The maximum Gasteiger partial charge on any atom is 0.129 e. The fourth-order valence-electron chi connectivity index (χ4n) is 2.45. The summed E-state index contributed by atoms with van der Waals surface area (Å²) in [6.07, 6.45) is 1.26. The van der Waals surface area contributed by atoms with Gasteiger partial charge in [0.05, 0.1) is 0 Å². The summed E-state index contributed by atoms with van der Waals surface area (Å²) in [6, 6.07) is 14.2. The monoisotopic (exact) mass is 423 g/mol. The first kappa shape index (κ1) is 22.6. The SMILES string of the molecule is CC(C)(C)S(=O)CN=C(CCCCl)c1cc(F)ccc1OCc1ccccc1. The van der Waals surface area contributed by atoms with Crippen molar-refractivity contribution in [2.45, 2.75) is 45.0 Å². The molecule has 2 aromatic carbocycles. The maximum atomic E-state index is 14.0. The highest BCUT2D eigenvalue weighted by Gasteiger charge is 2.20. The van der Waals surface area contributed by atoms with Gasteiger partial charge in [-0.25, -0.2) is 4.39 Å². The smallest absolute Gasteiger partial charge is 0.129 e. The van der Waals surface area contributed by atoms with Crippen molar-refractivity contribution >= 4 is 28.1 Å². The summed E-state index contributed by atoms with van der Waals surface area (Å²) < 4.78 is 32.0. The van der Waals surface area contributed by atoms with Crippen molar-refractivity contribution in [3.8, 4) is 5.75 Å². The van der Waals surface area contributed by atoms with Crippen LogP contribution in [0.15, 0.2) is 53.5 Å². The van der Waals surface area contributed by atoms with Gasteiger partial charge in [-0.3, -0.25) is 9.20 Å². The number of halogens is 2. The standard InChI is InChI=1S/C22H27ClFNO2S/c1-22(2,3)28(26)16-25-20(10-7-13-23)19-14-18(24)11-12-21(19)27-15-17-8-5-4-6-9-17/h4-6,8-9,11-12,14H,7,10,13,15-16H2,1-3H3. The highest BCUT2D eigenvalue weighted by molar-refractivity contribution is 7.86. The van der Waals surface area contributed by atoms with Crippen LogP contribution in [0.4, 0.5) is 4.39 Å². The summed E-state index contributed by atoms with van der Waals surface area (Å²) in [4.78, 5) is 4.57. The van der Waals surface area contributed by atoms with E-state index in [1.165, 1.54) is 12.1 Å². The molecule has 0 spiro atoms. The van der Waals surface area contributed by atoms with Crippen molar-refractivity contribution in [3.05, 3.63) is 65.5 Å². The van der Waals surface area contributed by atoms with E-state index in [1.54, 1.807) is 6.07 Å². The molecule has 0 radical (unpaired) electrons. The van der Waals surface area contributed by atoms with Gasteiger partial charge in [0.2, 0.25) is 0 Å². The Morgan fingerprint density at radius 2 is 1.89 bits per heavy atom. The average Bonchev–Trinajstić information content (AvgIpc) is 2.67. The second-order valence-electron chi connectivity index (χ2n) is 7.40. The van der Waals surface area contributed by atoms with Crippen LogP contribution in [0.3, 0.4) is 0 Å². The number of alkyl halides is 1. The predicted molar refractivity (Wildman–Crippen MR) is 116 cm³/mol. The van der Waals surface area contributed by atoms with Crippen molar-refractivity contribution in [3.63, 3.8) is 0 Å². The van der Waals surface area contributed by atoms with Crippen LogP contribution in [0, 0.1) is 5.82 Å². The van der Waals surface area contributed by atoms with Gasteiger partial charge < -0.3 is 4.74 Å². The van der Waals surface area contributed by atoms with Crippen molar-refractivity contribution in [1.82, 2.24) is 0 Å². The van der Waals surface area contributed by atoms with E-state index < -0.39 is 10.8 Å². The van der Waals surface area contributed by atoms with Crippen LogP contribution in [-0.4, -0.2) is 26.4 Å². The molecule has 0 saturated heterocycles. The van der Waals surface area contributed by atoms with E-state index in [9.17, 15) is 8.60 Å². The molecule has 3 nitrogen and oxygen atoms in total. The van der Waals surface area contributed by atoms with Gasteiger partial charge in [0.1, 0.15) is 24.1 Å². The third-order valence-electron chi connectivity index (χ3n) is 4.09. The molecule has 152 valence electrons. The Morgan fingerprint density at radius 3 is 2.54 bits per heavy atom. The maximum absolute atomic E-state index is 14.0. The first-order chi connectivity index (χ1) is 13.3. The zero-order valence-corrected chi connectivity index (χ0v) is 18.2. The Hall–Kier alpha value is -1.72. The molecule has 0 amide bonds. The molecule has 2 rings (SSSR count). The second-order valence-corrected chi connectivity index (χ2v) is 9.95. The molecule has 6 heteroatoms. The van der Waals surface area contributed by atoms with Gasteiger partial charge in [-0.1, -0.05) is 30.3 Å². The largest absolute Gasteiger partial charge is 0.488 e. The van der Waals surface area contributed by atoms with E-state index in [4.69, 9.17) is 16.3 Å². The number of aliphatic imine (C=N–C) groups is 1. The first-order valence-electron chi connectivity index (χ1n) is 9.25. The number of benzene rings is 2. The quantitative estimate of drug-likeness (QED) is 0.382. The van der Waals surface area contributed by atoms with Crippen molar-refractivity contribution in [2.75, 3.05) is 11.8 Å². The number of ether oxygens (including phenoxy) is 1. The van der Waals surface area contributed by atoms with E-state index in [2.05, 4.69) is 4.99 Å². The summed E-state index contributed by atoms with van der Waals surface area (Å²) in [5, 5.41) is 0. The summed E-state index contributed by atoms with van der Waals surface area (Å²) in [7, 11) is -1.14. The Labute approximate surface area is 174 Å². The van der Waals surface area contributed by atoms with Crippen LogP contribution < -0.4 is 4.74 Å². The fourth-order valence-corrected chi connectivity index (χ4v) is 3.25. The van der Waals surface area contributed by atoms with Crippen LogP contribution in [-0.2, 0) is 17.4 Å². The zero-order valence-electron chi connectivity index (χ0n) is 16.6. The summed E-state index contributed by atoms with van der Waals surface area (Å²) >= 11 is 5.86. The van der Waals surface area contributed by atoms with E-state index in [-0.39, 0.29) is 16.4 Å². The topological polar surface area (TPSA) is 38.7 Å². The van der Waals surface area contributed by atoms with Crippen LogP contribution in [0.25, 0.3) is 0 Å². The molecular weight excluding hydrogens is 397 g/mol. The highest BCUT2D eigenvalue weighted by atomic mass is 35.5. The Kier molecular flexibility index (Phi) is 8.64. The Bertz CT molecular complexity index is 819. The number of hydrogen-bond donors (Lipinski definition) is 0. The molecule has 0 aliphatic carbocycles. The predicted octanol–water partition coefficient (Wildman–Crippen LogP) is 5.72. The second kappa shape index (κ2) is 10.7. The average molecular weight is 424 g/mol. The lowest BCUT2D eigenvalue weighted by Gasteiger charge is -2.17.